The lowest BCUT2D eigenvalue weighted by atomic mass is 9.99. The molecule has 0 N–H and O–H groups in total. The largest absolute Gasteiger partial charge is 0.465 e. The van der Waals surface area contributed by atoms with Gasteiger partial charge in [0.1, 0.15) is 11.7 Å². The van der Waals surface area contributed by atoms with Gasteiger partial charge in [-0.3, -0.25) is 9.59 Å². The van der Waals surface area contributed by atoms with Crippen LogP contribution in [-0.2, 0) is 14.3 Å². The molecular weight excluding hydrogens is 168 g/mol. The first-order valence-corrected chi connectivity index (χ1v) is 4.95. The summed E-state index contributed by atoms with van der Waals surface area (Å²) in [7, 11) is 0. The van der Waals surface area contributed by atoms with Crippen molar-refractivity contribution in [2.75, 3.05) is 6.61 Å². The third kappa shape index (κ3) is 2.83. The van der Waals surface area contributed by atoms with E-state index in [1.54, 1.807) is 6.92 Å². The highest BCUT2D eigenvalue weighted by atomic mass is 16.5. The van der Waals surface area contributed by atoms with Gasteiger partial charge in [0.05, 0.1) is 6.61 Å². The highest BCUT2D eigenvalue weighted by Gasteiger charge is 2.28. The third-order valence-electron chi connectivity index (χ3n) is 2.38. The number of hydrogen-bond donors (Lipinski definition) is 0. The topological polar surface area (TPSA) is 43.4 Å². The maximum absolute atomic E-state index is 11.4. The molecule has 1 fully saturated rings. The molecule has 13 heavy (non-hydrogen) atoms. The normalized spacial score (nSPS) is 23.8. The summed E-state index contributed by atoms with van der Waals surface area (Å²) in [5.74, 6) is -0.729. The molecule has 0 unspecified atom stereocenters. The summed E-state index contributed by atoms with van der Waals surface area (Å²) in [6.07, 6.45) is 4.17. The lowest BCUT2D eigenvalue weighted by molar-refractivity contribution is -0.151. The predicted octanol–water partition coefficient (Wildman–Crippen LogP) is 1.70. The molecule has 3 nitrogen and oxygen atoms in total. The quantitative estimate of drug-likeness (QED) is 0.372. The van der Waals surface area contributed by atoms with Gasteiger partial charge in [0, 0.05) is 6.42 Å². The molecule has 1 aliphatic rings. The molecule has 1 saturated carbocycles. The Morgan fingerprint density at radius 3 is 2.92 bits per heavy atom. The molecule has 3 heteroatoms. The van der Waals surface area contributed by atoms with Crippen LogP contribution >= 0.6 is 0 Å². The van der Waals surface area contributed by atoms with Crippen LogP contribution in [0.2, 0.25) is 0 Å². The number of carbonyl (C=O) groups is 2. The molecule has 0 aromatic heterocycles. The first-order valence-electron chi connectivity index (χ1n) is 4.95. The number of Topliss-reactive ketones (excluding diaryl/α,β-unsaturated/α-hetero) is 1. The second-order valence-electron chi connectivity index (χ2n) is 3.37. The van der Waals surface area contributed by atoms with Crippen molar-refractivity contribution in [3.63, 3.8) is 0 Å². The number of carbonyl (C=O) groups excluding carboxylic acids is 2. The highest BCUT2D eigenvalue weighted by molar-refractivity contribution is 5.99. The van der Waals surface area contributed by atoms with Gasteiger partial charge < -0.3 is 4.74 Å². The second-order valence-corrected chi connectivity index (χ2v) is 3.37. The van der Waals surface area contributed by atoms with Crippen LogP contribution in [0.1, 0.15) is 39.0 Å². The number of hydrogen-bond acceptors (Lipinski definition) is 3. The Morgan fingerprint density at radius 1 is 1.46 bits per heavy atom. The van der Waals surface area contributed by atoms with Crippen molar-refractivity contribution >= 4 is 11.8 Å². The molecule has 0 saturated heterocycles. The summed E-state index contributed by atoms with van der Waals surface area (Å²) in [6.45, 7) is 2.13. The van der Waals surface area contributed by atoms with Gasteiger partial charge in [-0.05, 0) is 19.8 Å². The lowest BCUT2D eigenvalue weighted by Crippen LogP contribution is -2.24. The summed E-state index contributed by atoms with van der Waals surface area (Å²) in [6, 6.07) is 0. The molecule has 1 atom stereocenters. The minimum atomic E-state index is -0.470. The first kappa shape index (κ1) is 10.2. The van der Waals surface area contributed by atoms with E-state index >= 15 is 0 Å². The standard InChI is InChI=1S/C10H16O3/c1-2-13-10(12)8-6-4-3-5-7-9(8)11/h8H,2-7H2,1H3/t8-/m0/s1. The summed E-state index contributed by atoms with van der Waals surface area (Å²) in [5.41, 5.74) is 0. The Hall–Kier alpha value is -0.860. The van der Waals surface area contributed by atoms with Crippen molar-refractivity contribution in [3.8, 4) is 0 Å². The fourth-order valence-electron chi connectivity index (χ4n) is 1.65. The Balaban J connectivity index is 2.53. The van der Waals surface area contributed by atoms with Gasteiger partial charge in [-0.2, -0.15) is 0 Å². The molecule has 1 rings (SSSR count). The average molecular weight is 184 g/mol. The van der Waals surface area contributed by atoms with Gasteiger partial charge in [-0.1, -0.05) is 12.8 Å². The van der Waals surface area contributed by atoms with Crippen LogP contribution in [-0.4, -0.2) is 18.4 Å². The summed E-state index contributed by atoms with van der Waals surface area (Å²) in [4.78, 5) is 22.7. The van der Waals surface area contributed by atoms with Gasteiger partial charge >= 0.3 is 5.97 Å². The Bertz CT molecular complexity index is 198. The molecule has 0 radical (unpaired) electrons. The highest BCUT2D eigenvalue weighted by Crippen LogP contribution is 2.20. The SMILES string of the molecule is CCOC(=O)[C@H]1CCCCCC1=O. The van der Waals surface area contributed by atoms with E-state index in [-0.39, 0.29) is 11.8 Å². The van der Waals surface area contributed by atoms with E-state index in [1.807, 2.05) is 0 Å². The number of esters is 1. The molecule has 0 heterocycles. The van der Waals surface area contributed by atoms with E-state index in [2.05, 4.69) is 0 Å². The summed E-state index contributed by atoms with van der Waals surface area (Å²) < 4.78 is 4.85. The zero-order valence-corrected chi connectivity index (χ0v) is 8.04. The molecular formula is C10H16O3. The number of ether oxygens (including phenoxy) is 1. The van der Waals surface area contributed by atoms with Crippen LogP contribution in [0.4, 0.5) is 0 Å². The van der Waals surface area contributed by atoms with E-state index in [0.717, 1.165) is 19.3 Å². The van der Waals surface area contributed by atoms with Gasteiger partial charge in [-0.25, -0.2) is 0 Å². The zero-order chi connectivity index (χ0) is 9.68. The van der Waals surface area contributed by atoms with Crippen LogP contribution in [0.3, 0.4) is 0 Å². The van der Waals surface area contributed by atoms with E-state index in [9.17, 15) is 9.59 Å². The van der Waals surface area contributed by atoms with Crippen molar-refractivity contribution in [3.05, 3.63) is 0 Å². The maximum atomic E-state index is 11.4. The first-order chi connectivity index (χ1) is 6.25. The Labute approximate surface area is 78.5 Å². The van der Waals surface area contributed by atoms with Gasteiger partial charge in [-0.15, -0.1) is 0 Å². The van der Waals surface area contributed by atoms with Crippen molar-refractivity contribution < 1.29 is 14.3 Å². The molecule has 0 spiro atoms. The fraction of sp³-hybridized carbons (Fsp3) is 0.800. The van der Waals surface area contributed by atoms with Crippen LogP contribution in [0.25, 0.3) is 0 Å². The molecule has 0 bridgehead atoms. The molecule has 0 aromatic rings. The van der Waals surface area contributed by atoms with Crippen LogP contribution in [0.15, 0.2) is 0 Å². The van der Waals surface area contributed by atoms with Crippen molar-refractivity contribution in [1.29, 1.82) is 0 Å². The molecule has 1 aliphatic carbocycles. The summed E-state index contributed by atoms with van der Waals surface area (Å²) in [5, 5.41) is 0. The zero-order valence-electron chi connectivity index (χ0n) is 8.04. The van der Waals surface area contributed by atoms with Crippen molar-refractivity contribution in [2.24, 2.45) is 5.92 Å². The van der Waals surface area contributed by atoms with Gasteiger partial charge in [0.25, 0.3) is 0 Å². The Morgan fingerprint density at radius 2 is 2.23 bits per heavy atom. The van der Waals surface area contributed by atoms with Crippen LogP contribution < -0.4 is 0 Å². The van der Waals surface area contributed by atoms with E-state index in [0.29, 0.717) is 19.4 Å². The fourth-order valence-corrected chi connectivity index (χ4v) is 1.65. The minimum absolute atomic E-state index is 0.0657. The Kier molecular flexibility index (Phi) is 3.93. The van der Waals surface area contributed by atoms with Gasteiger partial charge in [0.15, 0.2) is 0 Å². The summed E-state index contributed by atoms with van der Waals surface area (Å²) >= 11 is 0. The van der Waals surface area contributed by atoms with E-state index in [4.69, 9.17) is 4.74 Å². The van der Waals surface area contributed by atoms with E-state index in [1.165, 1.54) is 0 Å². The van der Waals surface area contributed by atoms with E-state index < -0.39 is 5.92 Å². The van der Waals surface area contributed by atoms with Crippen LogP contribution in [0.5, 0.6) is 0 Å². The molecule has 0 aliphatic heterocycles. The smallest absolute Gasteiger partial charge is 0.316 e. The molecule has 74 valence electrons. The minimum Gasteiger partial charge on any atom is -0.465 e. The second kappa shape index (κ2) is 5.00. The third-order valence-corrected chi connectivity index (χ3v) is 2.38. The number of rotatable bonds is 2. The predicted molar refractivity (Wildman–Crippen MR) is 48.2 cm³/mol. The average Bonchev–Trinajstić information content (AvgIpc) is 2.30. The number of ketones is 1. The monoisotopic (exact) mass is 184 g/mol. The molecule has 0 aromatic carbocycles. The van der Waals surface area contributed by atoms with Gasteiger partial charge in [0.2, 0.25) is 0 Å². The maximum Gasteiger partial charge on any atom is 0.316 e. The van der Waals surface area contributed by atoms with Crippen molar-refractivity contribution in [2.45, 2.75) is 39.0 Å². The molecule has 0 amide bonds. The van der Waals surface area contributed by atoms with Crippen LogP contribution in [0, 0.1) is 5.92 Å². The lowest BCUT2D eigenvalue weighted by Gasteiger charge is -2.10. The van der Waals surface area contributed by atoms with Crippen molar-refractivity contribution in [1.82, 2.24) is 0 Å².